The summed E-state index contributed by atoms with van der Waals surface area (Å²) in [5.74, 6) is -0.351. The molecule has 6 nitrogen and oxygen atoms in total. The molecule has 3 N–H and O–H groups in total. The largest absolute Gasteiger partial charge is 0.391 e. The Hall–Kier alpha value is -1.92. The number of hydrogen-bond acceptors (Lipinski definition) is 4. The second kappa shape index (κ2) is 6.69. The average molecular weight is 292 g/mol. The number of imide groups is 1. The van der Waals surface area contributed by atoms with Gasteiger partial charge in [-0.2, -0.15) is 0 Å². The number of aliphatic hydroxyl groups is 2. The van der Waals surface area contributed by atoms with E-state index in [4.69, 9.17) is 0 Å². The number of amides is 3. The molecule has 6 heteroatoms. The molecule has 3 atom stereocenters. The van der Waals surface area contributed by atoms with Crippen LogP contribution in [0.4, 0.5) is 4.79 Å². The Balaban J connectivity index is 1.92. The third kappa shape index (κ3) is 3.80. The van der Waals surface area contributed by atoms with Gasteiger partial charge in [0.15, 0.2) is 0 Å². The molecule has 3 unspecified atom stereocenters. The Morgan fingerprint density at radius 1 is 1.24 bits per heavy atom. The summed E-state index contributed by atoms with van der Waals surface area (Å²) >= 11 is 0. The number of carbonyl (C=O) groups excluding carboxylic acids is 2. The van der Waals surface area contributed by atoms with Crippen LogP contribution in [0.3, 0.4) is 0 Å². The predicted octanol–water partition coefficient (Wildman–Crippen LogP) is 0.281. The first-order chi connectivity index (χ1) is 9.99. The molecule has 0 aromatic heterocycles. The topological polar surface area (TPSA) is 89.9 Å². The fourth-order valence-corrected chi connectivity index (χ4v) is 2.24. The summed E-state index contributed by atoms with van der Waals surface area (Å²) in [4.78, 5) is 24.9. The van der Waals surface area contributed by atoms with E-state index in [9.17, 15) is 19.8 Å². The lowest BCUT2D eigenvalue weighted by Gasteiger charge is -2.19. The van der Waals surface area contributed by atoms with Crippen LogP contribution in [0.2, 0.25) is 0 Å². The van der Waals surface area contributed by atoms with Gasteiger partial charge in [-0.25, -0.2) is 4.79 Å². The van der Waals surface area contributed by atoms with Crippen molar-refractivity contribution in [1.29, 1.82) is 0 Å². The van der Waals surface area contributed by atoms with Crippen molar-refractivity contribution in [3.8, 4) is 0 Å². The number of benzene rings is 1. The van der Waals surface area contributed by atoms with Crippen LogP contribution in [0.25, 0.3) is 0 Å². The van der Waals surface area contributed by atoms with Crippen LogP contribution in [0, 0.1) is 0 Å². The van der Waals surface area contributed by atoms with Gasteiger partial charge in [-0.05, 0) is 25.3 Å². The molecule has 0 spiro atoms. The molecule has 21 heavy (non-hydrogen) atoms. The third-order valence-electron chi connectivity index (χ3n) is 3.60. The summed E-state index contributed by atoms with van der Waals surface area (Å²) in [7, 11) is 0. The zero-order valence-electron chi connectivity index (χ0n) is 11.9. The summed E-state index contributed by atoms with van der Waals surface area (Å²) in [5, 5.41) is 21.5. The number of nitrogens with one attached hydrogen (secondary N) is 1. The fraction of sp³-hybridized carbons (Fsp3) is 0.467. The zero-order valence-corrected chi connectivity index (χ0v) is 11.9. The monoisotopic (exact) mass is 292 g/mol. The molecule has 0 aliphatic carbocycles. The molecule has 0 bridgehead atoms. The summed E-state index contributed by atoms with van der Waals surface area (Å²) in [6.07, 6.45) is -0.929. The normalized spacial score (nSPS) is 21.3. The Kier molecular flexibility index (Phi) is 4.93. The van der Waals surface area contributed by atoms with Crippen LogP contribution in [-0.4, -0.2) is 51.8 Å². The molecular weight excluding hydrogens is 272 g/mol. The van der Waals surface area contributed by atoms with Gasteiger partial charge in [0.2, 0.25) is 0 Å². The SMILES string of the molecule is CC(O)C(O)CN1C(=O)NC(CCc2ccccc2)C1=O. The molecule has 0 radical (unpaired) electrons. The van der Waals surface area contributed by atoms with E-state index >= 15 is 0 Å². The molecular formula is C15H20N2O4. The Morgan fingerprint density at radius 3 is 2.52 bits per heavy atom. The summed E-state index contributed by atoms with van der Waals surface area (Å²) < 4.78 is 0. The van der Waals surface area contributed by atoms with Gasteiger partial charge in [0, 0.05) is 0 Å². The highest BCUT2D eigenvalue weighted by Gasteiger charge is 2.38. The molecule has 0 saturated carbocycles. The van der Waals surface area contributed by atoms with Crippen LogP contribution in [-0.2, 0) is 11.2 Å². The van der Waals surface area contributed by atoms with Gasteiger partial charge in [0.1, 0.15) is 6.04 Å². The molecule has 1 fully saturated rings. The molecule has 1 saturated heterocycles. The number of aryl methyl sites for hydroxylation is 1. The van der Waals surface area contributed by atoms with Crippen LogP contribution in [0.15, 0.2) is 30.3 Å². The molecule has 2 rings (SSSR count). The highest BCUT2D eigenvalue weighted by atomic mass is 16.3. The fourth-order valence-electron chi connectivity index (χ4n) is 2.24. The van der Waals surface area contributed by atoms with Gasteiger partial charge in [-0.1, -0.05) is 30.3 Å². The van der Waals surface area contributed by atoms with Crippen molar-refractivity contribution in [2.75, 3.05) is 6.54 Å². The van der Waals surface area contributed by atoms with Crippen molar-refractivity contribution in [3.05, 3.63) is 35.9 Å². The second-order valence-electron chi connectivity index (χ2n) is 5.28. The maximum Gasteiger partial charge on any atom is 0.324 e. The minimum Gasteiger partial charge on any atom is -0.391 e. The first kappa shape index (κ1) is 15.5. The minimum atomic E-state index is -1.13. The van der Waals surface area contributed by atoms with Crippen molar-refractivity contribution in [2.24, 2.45) is 0 Å². The Morgan fingerprint density at radius 2 is 1.90 bits per heavy atom. The standard InChI is InChI=1S/C15H20N2O4/c1-10(18)13(19)9-17-14(20)12(16-15(17)21)8-7-11-5-3-2-4-6-11/h2-6,10,12-13,18-19H,7-9H2,1H3,(H,16,21). The maximum absolute atomic E-state index is 12.1. The average Bonchev–Trinajstić information content (AvgIpc) is 2.73. The van der Waals surface area contributed by atoms with Crippen molar-refractivity contribution >= 4 is 11.9 Å². The summed E-state index contributed by atoms with van der Waals surface area (Å²) in [5.41, 5.74) is 1.10. The van der Waals surface area contributed by atoms with E-state index in [2.05, 4.69) is 5.32 Å². The number of hydrogen-bond donors (Lipinski definition) is 3. The molecule has 114 valence electrons. The molecule has 3 amide bonds. The van der Waals surface area contributed by atoms with E-state index in [0.29, 0.717) is 12.8 Å². The molecule has 1 aromatic rings. The maximum atomic E-state index is 12.1. The quantitative estimate of drug-likeness (QED) is 0.657. The van der Waals surface area contributed by atoms with Gasteiger partial charge >= 0.3 is 6.03 Å². The van der Waals surface area contributed by atoms with Crippen LogP contribution < -0.4 is 5.32 Å². The first-order valence-corrected chi connectivity index (χ1v) is 7.01. The van der Waals surface area contributed by atoms with E-state index < -0.39 is 24.3 Å². The lowest BCUT2D eigenvalue weighted by Crippen LogP contribution is -2.41. The van der Waals surface area contributed by atoms with Gasteiger partial charge in [-0.3, -0.25) is 9.69 Å². The van der Waals surface area contributed by atoms with Crippen molar-refractivity contribution in [3.63, 3.8) is 0 Å². The van der Waals surface area contributed by atoms with E-state index in [1.54, 1.807) is 0 Å². The molecule has 1 heterocycles. The Bertz CT molecular complexity index is 504. The lowest BCUT2D eigenvalue weighted by molar-refractivity contribution is -0.129. The van der Waals surface area contributed by atoms with E-state index in [-0.39, 0.29) is 12.5 Å². The van der Waals surface area contributed by atoms with E-state index in [0.717, 1.165) is 10.5 Å². The Labute approximate surface area is 123 Å². The van der Waals surface area contributed by atoms with Gasteiger partial charge < -0.3 is 15.5 Å². The molecule has 1 aliphatic rings. The smallest absolute Gasteiger partial charge is 0.324 e. The second-order valence-corrected chi connectivity index (χ2v) is 5.28. The highest BCUT2D eigenvalue weighted by Crippen LogP contribution is 2.14. The van der Waals surface area contributed by atoms with E-state index in [1.807, 2.05) is 30.3 Å². The van der Waals surface area contributed by atoms with Gasteiger partial charge in [-0.15, -0.1) is 0 Å². The highest BCUT2D eigenvalue weighted by molar-refractivity contribution is 6.04. The van der Waals surface area contributed by atoms with Gasteiger partial charge in [0.25, 0.3) is 5.91 Å². The van der Waals surface area contributed by atoms with Crippen LogP contribution in [0.1, 0.15) is 18.9 Å². The van der Waals surface area contributed by atoms with Crippen molar-refractivity contribution in [2.45, 2.75) is 38.0 Å². The number of aliphatic hydroxyl groups excluding tert-OH is 2. The predicted molar refractivity (Wildman–Crippen MR) is 76.5 cm³/mol. The van der Waals surface area contributed by atoms with Crippen LogP contribution in [0.5, 0.6) is 0 Å². The first-order valence-electron chi connectivity index (χ1n) is 7.01. The number of urea groups is 1. The summed E-state index contributed by atoms with van der Waals surface area (Å²) in [6, 6.07) is 8.62. The lowest BCUT2D eigenvalue weighted by atomic mass is 10.1. The third-order valence-corrected chi connectivity index (χ3v) is 3.60. The number of β-amino-alcohol motifs (C(OH)–C–C–N with tert-alkyl or cyclic N) is 1. The van der Waals surface area contributed by atoms with Crippen molar-refractivity contribution in [1.82, 2.24) is 10.2 Å². The summed E-state index contributed by atoms with van der Waals surface area (Å²) in [6.45, 7) is 1.22. The van der Waals surface area contributed by atoms with Crippen molar-refractivity contribution < 1.29 is 19.8 Å². The number of nitrogens with zero attached hydrogens (tertiary/aromatic N) is 1. The van der Waals surface area contributed by atoms with Gasteiger partial charge in [0.05, 0.1) is 18.8 Å². The number of rotatable bonds is 6. The molecule has 1 aromatic carbocycles. The molecule has 1 aliphatic heterocycles. The zero-order chi connectivity index (χ0) is 15.4. The number of carbonyl (C=O) groups is 2. The minimum absolute atomic E-state index is 0.190. The van der Waals surface area contributed by atoms with Crippen LogP contribution >= 0.6 is 0 Å². The van der Waals surface area contributed by atoms with E-state index in [1.165, 1.54) is 6.92 Å².